The second-order valence-electron chi connectivity index (χ2n) is 7.15. The van der Waals surface area contributed by atoms with E-state index >= 15 is 0 Å². The van der Waals surface area contributed by atoms with Gasteiger partial charge in [0.15, 0.2) is 0 Å². The molecule has 1 fully saturated rings. The molecule has 2 aromatic carbocycles. The minimum atomic E-state index is -0.327. The Balaban J connectivity index is 1.60. The van der Waals surface area contributed by atoms with Crippen molar-refractivity contribution in [2.24, 2.45) is 0 Å². The minimum absolute atomic E-state index is 0.0520. The molecule has 6 nitrogen and oxygen atoms in total. The Morgan fingerprint density at radius 2 is 1.83 bits per heavy atom. The van der Waals surface area contributed by atoms with E-state index in [9.17, 15) is 14.0 Å². The van der Waals surface area contributed by atoms with Gasteiger partial charge in [0, 0.05) is 20.1 Å². The number of rotatable bonds is 6. The van der Waals surface area contributed by atoms with Crippen molar-refractivity contribution in [3.05, 3.63) is 59.4 Å². The summed E-state index contributed by atoms with van der Waals surface area (Å²) >= 11 is 0. The van der Waals surface area contributed by atoms with Gasteiger partial charge >= 0.3 is 6.03 Å². The number of carbonyl (C=O) groups is 2. The van der Waals surface area contributed by atoms with Crippen LogP contribution in [0.5, 0.6) is 5.75 Å². The summed E-state index contributed by atoms with van der Waals surface area (Å²) in [6.07, 6.45) is 2.02. The number of para-hydroxylation sites is 1. The van der Waals surface area contributed by atoms with Crippen LogP contribution in [0.1, 0.15) is 28.8 Å². The van der Waals surface area contributed by atoms with Crippen LogP contribution in [-0.2, 0) is 0 Å². The number of halogens is 1. The van der Waals surface area contributed by atoms with Crippen LogP contribution in [0.25, 0.3) is 0 Å². The van der Waals surface area contributed by atoms with Gasteiger partial charge < -0.3 is 19.9 Å². The zero-order valence-electron chi connectivity index (χ0n) is 16.8. The van der Waals surface area contributed by atoms with E-state index in [1.165, 1.54) is 17.0 Å². The minimum Gasteiger partial charge on any atom is -0.492 e. The van der Waals surface area contributed by atoms with E-state index in [1.807, 2.05) is 24.0 Å². The lowest BCUT2D eigenvalue weighted by atomic mass is 10.1. The summed E-state index contributed by atoms with van der Waals surface area (Å²) in [4.78, 5) is 28.8. The van der Waals surface area contributed by atoms with Gasteiger partial charge in [-0.15, -0.1) is 0 Å². The first-order valence-corrected chi connectivity index (χ1v) is 9.75. The van der Waals surface area contributed by atoms with Crippen molar-refractivity contribution in [1.82, 2.24) is 9.80 Å². The van der Waals surface area contributed by atoms with Gasteiger partial charge in [-0.05, 0) is 55.7 Å². The largest absolute Gasteiger partial charge is 0.492 e. The zero-order valence-corrected chi connectivity index (χ0v) is 16.8. The van der Waals surface area contributed by atoms with Crippen LogP contribution in [0.15, 0.2) is 42.5 Å². The lowest BCUT2D eigenvalue weighted by Crippen LogP contribution is -2.36. The maximum Gasteiger partial charge on any atom is 0.321 e. The Morgan fingerprint density at radius 1 is 1.14 bits per heavy atom. The zero-order chi connectivity index (χ0) is 20.8. The number of nitrogens with zero attached hydrogens (tertiary/aromatic N) is 2. The number of hydrogen-bond acceptors (Lipinski definition) is 3. The number of benzene rings is 2. The highest BCUT2D eigenvalue weighted by molar-refractivity contribution is 6.04. The summed E-state index contributed by atoms with van der Waals surface area (Å²) in [7, 11) is 1.66. The average molecular weight is 399 g/mol. The summed E-state index contributed by atoms with van der Waals surface area (Å²) in [6.45, 7) is 3.98. The van der Waals surface area contributed by atoms with Crippen molar-refractivity contribution >= 4 is 17.6 Å². The molecule has 3 amide bonds. The molecular formula is C22H26FN3O3. The Hall–Kier alpha value is -3.09. The topological polar surface area (TPSA) is 61.9 Å². The van der Waals surface area contributed by atoms with Crippen molar-refractivity contribution < 1.29 is 18.7 Å². The molecule has 0 radical (unpaired) electrons. The van der Waals surface area contributed by atoms with E-state index in [-0.39, 0.29) is 24.4 Å². The third-order valence-corrected chi connectivity index (χ3v) is 4.98. The van der Waals surface area contributed by atoms with E-state index in [4.69, 9.17) is 4.74 Å². The Bertz CT molecular complexity index is 864. The highest BCUT2D eigenvalue weighted by Gasteiger charge is 2.23. The number of anilines is 1. The predicted molar refractivity (Wildman–Crippen MR) is 110 cm³/mol. The molecule has 1 saturated heterocycles. The van der Waals surface area contributed by atoms with Gasteiger partial charge in [-0.1, -0.05) is 12.1 Å². The van der Waals surface area contributed by atoms with E-state index < -0.39 is 0 Å². The molecule has 0 saturated carbocycles. The Labute approximate surface area is 170 Å². The maximum absolute atomic E-state index is 12.9. The molecule has 1 heterocycles. The Morgan fingerprint density at radius 3 is 2.52 bits per heavy atom. The molecule has 3 rings (SSSR count). The van der Waals surface area contributed by atoms with Crippen LogP contribution in [-0.4, -0.2) is 55.0 Å². The summed E-state index contributed by atoms with van der Waals surface area (Å²) in [5.74, 6) is 0.160. The predicted octanol–water partition coefficient (Wildman–Crippen LogP) is 3.91. The highest BCUT2D eigenvalue weighted by atomic mass is 19.1. The van der Waals surface area contributed by atoms with Crippen LogP contribution in [0.3, 0.4) is 0 Å². The standard InChI is InChI=1S/C22H26FN3O3/c1-16-6-5-7-19(21(27)26-12-3-4-13-26)20(16)24-22(28)25(2)14-15-29-18-10-8-17(23)9-11-18/h5-11H,3-4,12-15H2,1-2H3,(H,24,28). The van der Waals surface area contributed by atoms with Crippen molar-refractivity contribution in [2.45, 2.75) is 19.8 Å². The van der Waals surface area contributed by atoms with Crippen LogP contribution in [0.4, 0.5) is 14.9 Å². The molecule has 0 aliphatic carbocycles. The van der Waals surface area contributed by atoms with Gasteiger partial charge in [0.1, 0.15) is 18.2 Å². The molecule has 1 aliphatic heterocycles. The summed E-state index contributed by atoms with van der Waals surface area (Å²) in [5.41, 5.74) is 1.89. The van der Waals surface area contributed by atoms with Crippen molar-refractivity contribution in [2.75, 3.05) is 38.6 Å². The Kier molecular flexibility index (Phi) is 6.69. The number of aryl methyl sites for hydroxylation is 1. The fourth-order valence-electron chi connectivity index (χ4n) is 3.24. The molecule has 1 N–H and O–H groups in total. The van der Waals surface area contributed by atoms with Crippen molar-refractivity contribution in [3.8, 4) is 5.75 Å². The van der Waals surface area contributed by atoms with E-state index in [0.29, 0.717) is 23.5 Å². The first kappa shape index (κ1) is 20.6. The van der Waals surface area contributed by atoms with Crippen LogP contribution in [0.2, 0.25) is 0 Å². The van der Waals surface area contributed by atoms with Crippen LogP contribution in [0, 0.1) is 12.7 Å². The molecule has 0 spiro atoms. The molecule has 7 heteroatoms. The van der Waals surface area contributed by atoms with Gasteiger partial charge in [0.25, 0.3) is 5.91 Å². The summed E-state index contributed by atoms with van der Waals surface area (Å²) < 4.78 is 18.5. The molecule has 0 aromatic heterocycles. The van der Waals surface area contributed by atoms with Gasteiger partial charge in [0.05, 0.1) is 17.8 Å². The fraction of sp³-hybridized carbons (Fsp3) is 0.364. The molecular weight excluding hydrogens is 373 g/mol. The van der Waals surface area contributed by atoms with Crippen LogP contribution < -0.4 is 10.1 Å². The molecule has 2 aromatic rings. The molecule has 0 atom stereocenters. The normalized spacial score (nSPS) is 13.3. The second-order valence-corrected chi connectivity index (χ2v) is 7.15. The number of likely N-dealkylation sites (tertiary alicyclic amines) is 1. The molecule has 1 aliphatic rings. The van der Waals surface area contributed by atoms with E-state index in [2.05, 4.69) is 5.32 Å². The quantitative estimate of drug-likeness (QED) is 0.801. The monoisotopic (exact) mass is 399 g/mol. The number of nitrogens with one attached hydrogen (secondary N) is 1. The highest BCUT2D eigenvalue weighted by Crippen LogP contribution is 2.24. The lowest BCUT2D eigenvalue weighted by Gasteiger charge is -2.22. The third kappa shape index (κ3) is 5.25. The van der Waals surface area contributed by atoms with Gasteiger partial charge in [0.2, 0.25) is 0 Å². The third-order valence-electron chi connectivity index (χ3n) is 4.98. The molecule has 154 valence electrons. The van der Waals surface area contributed by atoms with Crippen molar-refractivity contribution in [3.63, 3.8) is 0 Å². The molecule has 0 bridgehead atoms. The fourth-order valence-corrected chi connectivity index (χ4v) is 3.24. The van der Waals surface area contributed by atoms with Crippen LogP contribution >= 0.6 is 0 Å². The van der Waals surface area contributed by atoms with E-state index in [0.717, 1.165) is 31.5 Å². The van der Waals surface area contributed by atoms with Crippen molar-refractivity contribution in [1.29, 1.82) is 0 Å². The SMILES string of the molecule is Cc1cccc(C(=O)N2CCCC2)c1NC(=O)N(C)CCOc1ccc(F)cc1. The van der Waals surface area contributed by atoms with Gasteiger partial charge in [-0.3, -0.25) is 4.79 Å². The smallest absolute Gasteiger partial charge is 0.321 e. The average Bonchev–Trinajstić information content (AvgIpc) is 3.25. The number of likely N-dealkylation sites (N-methyl/N-ethyl adjacent to an activating group) is 1. The lowest BCUT2D eigenvalue weighted by molar-refractivity contribution is 0.0793. The van der Waals surface area contributed by atoms with Gasteiger partial charge in [-0.2, -0.15) is 0 Å². The number of carbonyl (C=O) groups excluding carboxylic acids is 2. The number of amides is 3. The first-order chi connectivity index (χ1) is 14.0. The van der Waals surface area contributed by atoms with Gasteiger partial charge in [-0.25, -0.2) is 9.18 Å². The number of hydrogen-bond donors (Lipinski definition) is 1. The van der Waals surface area contributed by atoms with E-state index in [1.54, 1.807) is 25.2 Å². The number of urea groups is 1. The number of ether oxygens (including phenoxy) is 1. The molecule has 29 heavy (non-hydrogen) atoms. The summed E-state index contributed by atoms with van der Waals surface area (Å²) in [5, 5.41) is 2.87. The first-order valence-electron chi connectivity index (χ1n) is 9.75. The second kappa shape index (κ2) is 9.41. The maximum atomic E-state index is 12.9. The summed E-state index contributed by atoms with van der Waals surface area (Å²) in [6, 6.07) is 10.9. The molecule has 0 unspecified atom stereocenters.